The smallest absolute Gasteiger partial charge is 0.138 e. The molecule has 74 valence electrons. The largest absolute Gasteiger partial charge is 0.491 e. The standard InChI is InChI=1S/C10H11BrN2O/c1-13-5-6-14-10-4-2-3-9(11)8(10)7-12/h2-4,13H,5-6H2,1H3. The van der Waals surface area contributed by atoms with Crippen LogP contribution < -0.4 is 10.1 Å². The van der Waals surface area contributed by atoms with Gasteiger partial charge in [0.05, 0.1) is 0 Å². The molecule has 4 heteroatoms. The molecule has 1 rings (SSSR count). The predicted molar refractivity (Wildman–Crippen MR) is 58.3 cm³/mol. The van der Waals surface area contributed by atoms with Gasteiger partial charge in [-0.25, -0.2) is 0 Å². The van der Waals surface area contributed by atoms with Crippen molar-refractivity contribution in [2.45, 2.75) is 0 Å². The topological polar surface area (TPSA) is 45.0 Å². The highest BCUT2D eigenvalue weighted by atomic mass is 79.9. The van der Waals surface area contributed by atoms with Crippen LogP contribution in [0.25, 0.3) is 0 Å². The molecule has 0 aromatic heterocycles. The van der Waals surface area contributed by atoms with Crippen LogP contribution in [0.1, 0.15) is 5.56 Å². The third-order valence-corrected chi connectivity index (χ3v) is 2.36. The second-order valence-electron chi connectivity index (χ2n) is 2.68. The van der Waals surface area contributed by atoms with E-state index in [1.807, 2.05) is 19.2 Å². The lowest BCUT2D eigenvalue weighted by molar-refractivity contribution is 0.317. The molecule has 0 bridgehead atoms. The number of ether oxygens (including phenoxy) is 1. The number of benzene rings is 1. The van der Waals surface area contributed by atoms with Gasteiger partial charge >= 0.3 is 0 Å². The van der Waals surface area contributed by atoms with Gasteiger partial charge in [0.1, 0.15) is 24.0 Å². The zero-order chi connectivity index (χ0) is 10.4. The zero-order valence-corrected chi connectivity index (χ0v) is 9.47. The van der Waals surface area contributed by atoms with Crippen molar-refractivity contribution in [2.24, 2.45) is 0 Å². The minimum absolute atomic E-state index is 0.545. The molecule has 0 saturated heterocycles. The first kappa shape index (κ1) is 11.0. The minimum atomic E-state index is 0.545. The second kappa shape index (κ2) is 5.63. The van der Waals surface area contributed by atoms with Gasteiger partial charge in [-0.1, -0.05) is 6.07 Å². The molecule has 0 atom stereocenters. The summed E-state index contributed by atoms with van der Waals surface area (Å²) in [5.41, 5.74) is 0.545. The van der Waals surface area contributed by atoms with Crippen molar-refractivity contribution >= 4 is 15.9 Å². The molecule has 0 unspecified atom stereocenters. The molecule has 1 N–H and O–H groups in total. The maximum Gasteiger partial charge on any atom is 0.138 e. The van der Waals surface area contributed by atoms with Crippen LogP contribution in [0.5, 0.6) is 5.75 Å². The molecule has 0 amide bonds. The van der Waals surface area contributed by atoms with Crippen molar-refractivity contribution in [2.75, 3.05) is 20.2 Å². The van der Waals surface area contributed by atoms with Gasteiger partial charge in [0.25, 0.3) is 0 Å². The van der Waals surface area contributed by atoms with Gasteiger partial charge in [0.15, 0.2) is 0 Å². The first-order valence-corrected chi connectivity index (χ1v) is 5.05. The van der Waals surface area contributed by atoms with Crippen molar-refractivity contribution in [1.29, 1.82) is 5.26 Å². The molecule has 3 nitrogen and oxygen atoms in total. The predicted octanol–water partition coefficient (Wildman–Crippen LogP) is 1.92. The quantitative estimate of drug-likeness (QED) is 0.836. The Morgan fingerprint density at radius 1 is 1.57 bits per heavy atom. The van der Waals surface area contributed by atoms with Crippen molar-refractivity contribution in [3.05, 3.63) is 28.2 Å². The molecular weight excluding hydrogens is 244 g/mol. The van der Waals surface area contributed by atoms with Crippen LogP contribution in [0.15, 0.2) is 22.7 Å². The monoisotopic (exact) mass is 254 g/mol. The molecule has 0 radical (unpaired) electrons. The van der Waals surface area contributed by atoms with Gasteiger partial charge in [0.2, 0.25) is 0 Å². The molecule has 0 spiro atoms. The van der Waals surface area contributed by atoms with Crippen LogP contribution in [-0.2, 0) is 0 Å². The van der Waals surface area contributed by atoms with E-state index >= 15 is 0 Å². The third kappa shape index (κ3) is 2.72. The SMILES string of the molecule is CNCCOc1cccc(Br)c1C#N. The summed E-state index contributed by atoms with van der Waals surface area (Å²) in [6, 6.07) is 7.56. The Kier molecular flexibility index (Phi) is 4.44. The van der Waals surface area contributed by atoms with Crippen molar-refractivity contribution in [3.8, 4) is 11.8 Å². The molecule has 0 aliphatic heterocycles. The lowest BCUT2D eigenvalue weighted by atomic mass is 10.2. The van der Waals surface area contributed by atoms with Crippen LogP contribution in [-0.4, -0.2) is 20.2 Å². The van der Waals surface area contributed by atoms with E-state index in [1.165, 1.54) is 0 Å². The zero-order valence-electron chi connectivity index (χ0n) is 7.88. The van der Waals surface area contributed by atoms with Gasteiger partial charge in [-0.3, -0.25) is 0 Å². The van der Waals surface area contributed by atoms with E-state index in [1.54, 1.807) is 6.07 Å². The molecule has 0 fully saturated rings. The Morgan fingerprint density at radius 3 is 3.00 bits per heavy atom. The fourth-order valence-electron chi connectivity index (χ4n) is 0.996. The molecule has 0 aliphatic carbocycles. The summed E-state index contributed by atoms with van der Waals surface area (Å²) >= 11 is 3.30. The fourth-order valence-corrected chi connectivity index (χ4v) is 1.43. The maximum absolute atomic E-state index is 8.88. The van der Waals surface area contributed by atoms with Gasteiger partial charge in [-0.15, -0.1) is 0 Å². The van der Waals surface area contributed by atoms with E-state index in [9.17, 15) is 0 Å². The number of hydrogen-bond donors (Lipinski definition) is 1. The minimum Gasteiger partial charge on any atom is -0.491 e. The van der Waals surface area contributed by atoms with Gasteiger partial charge in [0, 0.05) is 11.0 Å². The van der Waals surface area contributed by atoms with E-state index < -0.39 is 0 Å². The first-order valence-electron chi connectivity index (χ1n) is 4.25. The summed E-state index contributed by atoms with van der Waals surface area (Å²) in [6.45, 7) is 1.32. The van der Waals surface area contributed by atoms with Crippen LogP contribution in [0, 0.1) is 11.3 Å². The molecule has 0 heterocycles. The number of rotatable bonds is 4. The van der Waals surface area contributed by atoms with E-state index in [2.05, 4.69) is 27.3 Å². The number of nitriles is 1. The molecule has 0 aliphatic rings. The van der Waals surface area contributed by atoms with E-state index in [-0.39, 0.29) is 0 Å². The average molecular weight is 255 g/mol. The van der Waals surface area contributed by atoms with E-state index in [0.717, 1.165) is 11.0 Å². The summed E-state index contributed by atoms with van der Waals surface area (Å²) in [5.74, 6) is 0.622. The summed E-state index contributed by atoms with van der Waals surface area (Å²) in [5, 5.41) is 11.9. The maximum atomic E-state index is 8.88. The molecular formula is C10H11BrN2O. The summed E-state index contributed by atoms with van der Waals surface area (Å²) in [7, 11) is 1.86. The second-order valence-corrected chi connectivity index (χ2v) is 3.53. The van der Waals surface area contributed by atoms with Crippen molar-refractivity contribution in [1.82, 2.24) is 5.32 Å². The molecule has 14 heavy (non-hydrogen) atoms. The van der Waals surface area contributed by atoms with E-state index in [0.29, 0.717) is 17.9 Å². The van der Waals surface area contributed by atoms with E-state index in [4.69, 9.17) is 10.00 Å². The lowest BCUT2D eigenvalue weighted by Crippen LogP contribution is -2.16. The highest BCUT2D eigenvalue weighted by Crippen LogP contribution is 2.25. The Bertz CT molecular complexity index is 346. The number of halogens is 1. The van der Waals surface area contributed by atoms with Crippen LogP contribution in [0.3, 0.4) is 0 Å². The Labute approximate surface area is 91.8 Å². The Hall–Kier alpha value is -1.05. The third-order valence-electron chi connectivity index (χ3n) is 1.70. The number of likely N-dealkylation sites (N-methyl/N-ethyl adjacent to an activating group) is 1. The first-order chi connectivity index (χ1) is 6.79. The highest BCUT2D eigenvalue weighted by Gasteiger charge is 2.05. The van der Waals surface area contributed by atoms with Gasteiger partial charge in [-0.2, -0.15) is 5.26 Å². The summed E-state index contributed by atoms with van der Waals surface area (Å²) in [6.07, 6.45) is 0. The van der Waals surface area contributed by atoms with Crippen LogP contribution >= 0.6 is 15.9 Å². The van der Waals surface area contributed by atoms with Crippen LogP contribution in [0.2, 0.25) is 0 Å². The van der Waals surface area contributed by atoms with Crippen LogP contribution in [0.4, 0.5) is 0 Å². The molecule has 1 aromatic carbocycles. The van der Waals surface area contributed by atoms with Crippen molar-refractivity contribution < 1.29 is 4.74 Å². The van der Waals surface area contributed by atoms with Gasteiger partial charge in [-0.05, 0) is 35.1 Å². The molecule has 1 aromatic rings. The number of hydrogen-bond acceptors (Lipinski definition) is 3. The normalized spacial score (nSPS) is 9.50. The Balaban J connectivity index is 2.76. The Morgan fingerprint density at radius 2 is 2.36 bits per heavy atom. The number of nitrogens with one attached hydrogen (secondary N) is 1. The lowest BCUT2D eigenvalue weighted by Gasteiger charge is -2.07. The summed E-state index contributed by atoms with van der Waals surface area (Å²) in [4.78, 5) is 0. The van der Waals surface area contributed by atoms with Crippen molar-refractivity contribution in [3.63, 3.8) is 0 Å². The van der Waals surface area contributed by atoms with Gasteiger partial charge < -0.3 is 10.1 Å². The summed E-state index contributed by atoms with van der Waals surface area (Å²) < 4.78 is 6.20. The number of nitrogens with zero attached hydrogens (tertiary/aromatic N) is 1. The fraction of sp³-hybridized carbons (Fsp3) is 0.300. The molecule has 0 saturated carbocycles. The highest BCUT2D eigenvalue weighted by molar-refractivity contribution is 9.10. The average Bonchev–Trinajstić information content (AvgIpc) is 2.18.